The van der Waals surface area contributed by atoms with Crippen LogP contribution in [0.2, 0.25) is 0 Å². The van der Waals surface area contributed by atoms with Crippen molar-refractivity contribution in [2.24, 2.45) is 0 Å². The second-order valence-electron chi connectivity index (χ2n) is 6.50. The summed E-state index contributed by atoms with van der Waals surface area (Å²) in [5.74, 6) is 1.51. The van der Waals surface area contributed by atoms with Gasteiger partial charge in [0.1, 0.15) is 0 Å². The van der Waals surface area contributed by atoms with Gasteiger partial charge in [-0.2, -0.15) is 0 Å². The van der Waals surface area contributed by atoms with E-state index in [-0.39, 0.29) is 18.6 Å². The normalized spacial score (nSPS) is 19.0. The molecule has 26 heavy (non-hydrogen) atoms. The zero-order valence-electron chi connectivity index (χ0n) is 14.7. The molecule has 1 saturated heterocycles. The van der Waals surface area contributed by atoms with Gasteiger partial charge in [-0.25, -0.2) is 0 Å². The van der Waals surface area contributed by atoms with E-state index in [1.807, 2.05) is 18.2 Å². The van der Waals surface area contributed by atoms with Crippen molar-refractivity contribution in [2.45, 2.75) is 32.2 Å². The third-order valence-corrected chi connectivity index (χ3v) is 4.86. The van der Waals surface area contributed by atoms with Gasteiger partial charge < -0.3 is 19.2 Å². The molecule has 2 aromatic rings. The number of amides is 1. The number of likely N-dealkylation sites (tertiary alicyclic amines) is 1. The molecule has 1 N–H and O–H groups in total. The highest BCUT2D eigenvalue weighted by molar-refractivity contribution is 5.89. The van der Waals surface area contributed by atoms with Gasteiger partial charge in [-0.15, -0.1) is 10.2 Å². The highest BCUT2D eigenvalue weighted by Crippen LogP contribution is 2.33. The second-order valence-corrected chi connectivity index (χ2v) is 6.50. The van der Waals surface area contributed by atoms with E-state index < -0.39 is 0 Å². The number of carbonyl (C=O) groups is 1. The van der Waals surface area contributed by atoms with Crippen LogP contribution >= 0.6 is 0 Å². The van der Waals surface area contributed by atoms with Crippen LogP contribution in [0, 0.1) is 0 Å². The molecule has 0 saturated carbocycles. The summed E-state index contributed by atoms with van der Waals surface area (Å²) in [6.07, 6.45) is 2.71. The molecule has 0 radical (unpaired) electrons. The van der Waals surface area contributed by atoms with Gasteiger partial charge >= 0.3 is 11.8 Å². The lowest BCUT2D eigenvalue weighted by molar-refractivity contribution is 0.0905. The Morgan fingerprint density at radius 2 is 2.19 bits per heavy atom. The van der Waals surface area contributed by atoms with E-state index in [4.69, 9.17) is 13.9 Å². The molecule has 8 nitrogen and oxygen atoms in total. The van der Waals surface area contributed by atoms with Gasteiger partial charge in [0.15, 0.2) is 11.5 Å². The quantitative estimate of drug-likeness (QED) is 0.839. The first-order valence-corrected chi connectivity index (χ1v) is 8.96. The topological polar surface area (TPSA) is 89.7 Å². The number of carbonyl (C=O) groups excluding carboxylic acids is 1. The summed E-state index contributed by atoms with van der Waals surface area (Å²) >= 11 is 0. The molecule has 1 fully saturated rings. The van der Waals surface area contributed by atoms with Crippen molar-refractivity contribution in [3.8, 4) is 11.5 Å². The SMILES string of the molecule is CCN1CCC[C@H]1CNC(=O)c1nnc(Cc2ccc3c(c2)OCO3)o1. The largest absolute Gasteiger partial charge is 0.454 e. The van der Waals surface area contributed by atoms with Crippen molar-refractivity contribution in [3.63, 3.8) is 0 Å². The Hall–Kier alpha value is -2.61. The van der Waals surface area contributed by atoms with Crippen molar-refractivity contribution in [3.05, 3.63) is 35.5 Å². The number of benzene rings is 1. The highest BCUT2D eigenvalue weighted by Gasteiger charge is 2.24. The van der Waals surface area contributed by atoms with E-state index in [9.17, 15) is 4.79 Å². The van der Waals surface area contributed by atoms with Gasteiger partial charge in [0.25, 0.3) is 0 Å². The number of ether oxygens (including phenoxy) is 2. The molecule has 3 heterocycles. The van der Waals surface area contributed by atoms with E-state index >= 15 is 0 Å². The fourth-order valence-corrected chi connectivity index (χ4v) is 3.47. The Labute approximate surface area is 151 Å². The first kappa shape index (κ1) is 16.8. The summed E-state index contributed by atoms with van der Waals surface area (Å²) in [4.78, 5) is 14.6. The minimum Gasteiger partial charge on any atom is -0.454 e. The van der Waals surface area contributed by atoms with E-state index in [1.165, 1.54) is 6.42 Å². The van der Waals surface area contributed by atoms with Crippen LogP contribution in [0.4, 0.5) is 0 Å². The zero-order chi connectivity index (χ0) is 17.9. The average Bonchev–Trinajstić information content (AvgIpc) is 3.39. The van der Waals surface area contributed by atoms with Crippen LogP contribution in [0.25, 0.3) is 0 Å². The number of nitrogens with one attached hydrogen (secondary N) is 1. The second kappa shape index (κ2) is 7.33. The Morgan fingerprint density at radius 3 is 3.08 bits per heavy atom. The molecule has 1 aromatic carbocycles. The molecule has 0 unspecified atom stereocenters. The van der Waals surface area contributed by atoms with Crippen LogP contribution in [0.1, 0.15) is 41.9 Å². The predicted molar refractivity (Wildman–Crippen MR) is 92.3 cm³/mol. The number of likely N-dealkylation sites (N-methyl/N-ethyl adjacent to an activating group) is 1. The van der Waals surface area contributed by atoms with Gasteiger partial charge in [-0.3, -0.25) is 9.69 Å². The Morgan fingerprint density at radius 1 is 1.31 bits per heavy atom. The number of aromatic nitrogens is 2. The fraction of sp³-hybridized carbons (Fsp3) is 0.500. The summed E-state index contributed by atoms with van der Waals surface area (Å²) in [5, 5.41) is 10.8. The van der Waals surface area contributed by atoms with Crippen LogP contribution < -0.4 is 14.8 Å². The summed E-state index contributed by atoms with van der Waals surface area (Å²) in [5.41, 5.74) is 0.953. The molecule has 1 atom stereocenters. The van der Waals surface area contributed by atoms with Gasteiger partial charge in [-0.1, -0.05) is 13.0 Å². The van der Waals surface area contributed by atoms with Crippen molar-refractivity contribution < 1.29 is 18.7 Å². The molecule has 2 aliphatic heterocycles. The fourth-order valence-electron chi connectivity index (χ4n) is 3.47. The lowest BCUT2D eigenvalue weighted by Crippen LogP contribution is -2.40. The lowest BCUT2D eigenvalue weighted by Gasteiger charge is -2.22. The van der Waals surface area contributed by atoms with E-state index in [1.54, 1.807) is 0 Å². The number of nitrogens with zero attached hydrogens (tertiary/aromatic N) is 3. The van der Waals surface area contributed by atoms with Crippen LogP contribution in [-0.4, -0.2) is 53.5 Å². The maximum atomic E-state index is 12.3. The number of fused-ring (bicyclic) bond motifs is 1. The third-order valence-electron chi connectivity index (χ3n) is 4.86. The summed E-state index contributed by atoms with van der Waals surface area (Å²) in [7, 11) is 0. The van der Waals surface area contributed by atoms with Crippen LogP contribution in [0.5, 0.6) is 11.5 Å². The molecule has 0 spiro atoms. The average molecular weight is 358 g/mol. The maximum Gasteiger partial charge on any atom is 0.308 e. The van der Waals surface area contributed by atoms with Crippen molar-refractivity contribution in [2.75, 3.05) is 26.4 Å². The standard InChI is InChI=1S/C18H22N4O4/c1-2-22-7-3-4-13(22)10-19-17(23)18-21-20-16(26-18)9-12-5-6-14-15(8-12)25-11-24-14/h5-6,8,13H,2-4,7,9-11H2,1H3,(H,19,23)/t13-/m0/s1. The van der Waals surface area contributed by atoms with Gasteiger partial charge in [0.2, 0.25) is 12.7 Å². The van der Waals surface area contributed by atoms with Crippen molar-refractivity contribution >= 4 is 5.91 Å². The number of hydrogen-bond donors (Lipinski definition) is 1. The van der Waals surface area contributed by atoms with Gasteiger partial charge in [0.05, 0.1) is 6.42 Å². The van der Waals surface area contributed by atoms with Crippen molar-refractivity contribution in [1.82, 2.24) is 20.4 Å². The zero-order valence-corrected chi connectivity index (χ0v) is 14.7. The highest BCUT2D eigenvalue weighted by atomic mass is 16.7. The minimum atomic E-state index is -0.322. The van der Waals surface area contributed by atoms with Crippen molar-refractivity contribution in [1.29, 1.82) is 0 Å². The first-order valence-electron chi connectivity index (χ1n) is 8.96. The van der Waals surface area contributed by atoms with E-state index in [0.29, 0.717) is 30.6 Å². The summed E-state index contributed by atoms with van der Waals surface area (Å²) < 4.78 is 16.2. The molecule has 0 aliphatic carbocycles. The molecular formula is C18H22N4O4. The molecule has 1 aromatic heterocycles. The number of rotatable bonds is 6. The Bertz CT molecular complexity index is 791. The first-order chi connectivity index (χ1) is 12.7. The molecule has 2 aliphatic rings. The smallest absolute Gasteiger partial charge is 0.308 e. The predicted octanol–water partition coefficient (Wildman–Crippen LogP) is 1.60. The molecule has 4 rings (SSSR count). The lowest BCUT2D eigenvalue weighted by atomic mass is 10.1. The summed E-state index contributed by atoms with van der Waals surface area (Å²) in [6, 6.07) is 6.03. The maximum absolute atomic E-state index is 12.3. The van der Waals surface area contributed by atoms with Crippen LogP contribution in [-0.2, 0) is 6.42 Å². The van der Waals surface area contributed by atoms with E-state index in [0.717, 1.165) is 30.8 Å². The Kier molecular flexibility index (Phi) is 4.75. The number of hydrogen-bond acceptors (Lipinski definition) is 7. The third kappa shape index (κ3) is 3.50. The molecule has 138 valence electrons. The monoisotopic (exact) mass is 358 g/mol. The van der Waals surface area contributed by atoms with Gasteiger partial charge in [0, 0.05) is 12.6 Å². The minimum absolute atomic E-state index is 0.00166. The summed E-state index contributed by atoms with van der Waals surface area (Å²) in [6.45, 7) is 5.07. The molecule has 0 bridgehead atoms. The van der Waals surface area contributed by atoms with Crippen LogP contribution in [0.15, 0.2) is 22.6 Å². The van der Waals surface area contributed by atoms with Gasteiger partial charge in [-0.05, 0) is 43.6 Å². The molecule has 8 heteroatoms. The molecule has 1 amide bonds. The Balaban J connectivity index is 1.34. The molecular weight excluding hydrogens is 336 g/mol. The van der Waals surface area contributed by atoms with E-state index in [2.05, 4.69) is 27.3 Å². The van der Waals surface area contributed by atoms with Crippen LogP contribution in [0.3, 0.4) is 0 Å².